The number of carbonyl (C=O) groups is 2. The first-order valence-electron chi connectivity index (χ1n) is 6.64. The summed E-state index contributed by atoms with van der Waals surface area (Å²) in [7, 11) is 1.58. The van der Waals surface area contributed by atoms with Gasteiger partial charge in [0.1, 0.15) is 4.99 Å². The van der Waals surface area contributed by atoms with Crippen molar-refractivity contribution in [3.63, 3.8) is 0 Å². The Balaban J connectivity index is 2.54. The largest absolute Gasteiger partial charge is 0.389 e. The van der Waals surface area contributed by atoms with Gasteiger partial charge in [-0.3, -0.25) is 9.59 Å². The van der Waals surface area contributed by atoms with Crippen molar-refractivity contribution in [2.75, 3.05) is 13.6 Å². The number of thiocarbonyl (C=S) groups is 1. The summed E-state index contributed by atoms with van der Waals surface area (Å²) in [6.45, 7) is 3.85. The number of rotatable bonds is 6. The number of carbonyl (C=O) groups excluding carboxylic acids is 2. The van der Waals surface area contributed by atoms with Crippen LogP contribution in [0.2, 0.25) is 0 Å². The van der Waals surface area contributed by atoms with Gasteiger partial charge in [-0.25, -0.2) is 0 Å². The van der Waals surface area contributed by atoms with Crippen LogP contribution in [0.25, 0.3) is 0 Å². The lowest BCUT2D eigenvalue weighted by Gasteiger charge is -2.22. The second kappa shape index (κ2) is 7.17. The van der Waals surface area contributed by atoms with Crippen LogP contribution in [0.5, 0.6) is 0 Å². The molecule has 1 aromatic rings. The highest BCUT2D eigenvalue weighted by molar-refractivity contribution is 7.80. The summed E-state index contributed by atoms with van der Waals surface area (Å²) in [5.41, 5.74) is 6.52. The normalized spacial score (nSPS) is 10.8. The van der Waals surface area contributed by atoms with Crippen molar-refractivity contribution in [2.45, 2.75) is 20.3 Å². The van der Waals surface area contributed by atoms with E-state index >= 15 is 0 Å². The quantitative estimate of drug-likeness (QED) is 0.677. The fraction of sp³-hybridized carbons (Fsp3) is 0.400. The van der Waals surface area contributed by atoms with E-state index in [0.717, 1.165) is 11.1 Å². The van der Waals surface area contributed by atoms with Crippen LogP contribution in [0.4, 0.5) is 0 Å². The Kier molecular flexibility index (Phi) is 5.84. The van der Waals surface area contributed by atoms with Gasteiger partial charge in [0.25, 0.3) is 0 Å². The molecule has 0 heterocycles. The Bertz CT molecular complexity index is 538. The lowest BCUT2D eigenvalue weighted by molar-refractivity contribution is -0.129. The molecule has 5 nitrogen and oxygen atoms in total. The van der Waals surface area contributed by atoms with E-state index in [1.54, 1.807) is 33.0 Å². The highest BCUT2D eigenvalue weighted by atomic mass is 32.1. The number of hydrogen-bond acceptors (Lipinski definition) is 3. The summed E-state index contributed by atoms with van der Waals surface area (Å²) in [6, 6.07) is 7.22. The second-order valence-corrected chi connectivity index (χ2v) is 5.92. The summed E-state index contributed by atoms with van der Waals surface area (Å²) in [6.07, 6.45) is 0.251. The molecule has 6 heteroatoms. The zero-order valence-electron chi connectivity index (χ0n) is 12.5. The van der Waals surface area contributed by atoms with Gasteiger partial charge in [-0.1, -0.05) is 36.5 Å². The standard InChI is InChI=1S/C15H21N3O2S/c1-15(2,14(20)17-3)9-18-12(19)8-10-4-6-11(7-5-10)13(16)21/h4-7H,8-9H2,1-3H3,(H2,16,21)(H,17,20)(H,18,19). The van der Waals surface area contributed by atoms with Crippen molar-refractivity contribution in [3.05, 3.63) is 35.4 Å². The number of nitrogens with one attached hydrogen (secondary N) is 2. The first-order valence-corrected chi connectivity index (χ1v) is 7.04. The molecule has 0 spiro atoms. The van der Waals surface area contributed by atoms with E-state index in [9.17, 15) is 9.59 Å². The van der Waals surface area contributed by atoms with Crippen molar-refractivity contribution in [1.82, 2.24) is 10.6 Å². The number of benzene rings is 1. The van der Waals surface area contributed by atoms with E-state index in [2.05, 4.69) is 10.6 Å². The molecule has 0 unspecified atom stereocenters. The molecular weight excluding hydrogens is 286 g/mol. The van der Waals surface area contributed by atoms with E-state index in [1.807, 2.05) is 12.1 Å². The number of nitrogens with two attached hydrogens (primary N) is 1. The fourth-order valence-electron chi connectivity index (χ4n) is 1.77. The van der Waals surface area contributed by atoms with Gasteiger partial charge in [0, 0.05) is 19.2 Å². The molecule has 0 aliphatic heterocycles. The highest BCUT2D eigenvalue weighted by Crippen LogP contribution is 2.13. The molecule has 4 N–H and O–H groups in total. The van der Waals surface area contributed by atoms with Crippen molar-refractivity contribution in [3.8, 4) is 0 Å². The molecule has 0 bridgehead atoms. The molecule has 1 aromatic carbocycles. The van der Waals surface area contributed by atoms with E-state index in [4.69, 9.17) is 18.0 Å². The van der Waals surface area contributed by atoms with Gasteiger partial charge in [0.15, 0.2) is 0 Å². The Morgan fingerprint density at radius 1 is 1.24 bits per heavy atom. The maximum Gasteiger partial charge on any atom is 0.227 e. The first-order chi connectivity index (χ1) is 9.76. The maximum absolute atomic E-state index is 11.9. The average molecular weight is 307 g/mol. The SMILES string of the molecule is CNC(=O)C(C)(C)CNC(=O)Cc1ccc(C(N)=S)cc1. The molecule has 0 saturated heterocycles. The lowest BCUT2D eigenvalue weighted by atomic mass is 9.92. The van der Waals surface area contributed by atoms with Gasteiger partial charge >= 0.3 is 0 Å². The van der Waals surface area contributed by atoms with E-state index in [-0.39, 0.29) is 24.8 Å². The molecule has 21 heavy (non-hydrogen) atoms. The summed E-state index contributed by atoms with van der Waals surface area (Å²) in [5.74, 6) is -0.237. The Morgan fingerprint density at radius 3 is 2.29 bits per heavy atom. The molecule has 1 rings (SSSR count). The molecule has 0 aromatic heterocycles. The van der Waals surface area contributed by atoms with Crippen LogP contribution in [0.3, 0.4) is 0 Å². The van der Waals surface area contributed by atoms with E-state index < -0.39 is 5.41 Å². The minimum Gasteiger partial charge on any atom is -0.389 e. The average Bonchev–Trinajstić information content (AvgIpc) is 2.45. The van der Waals surface area contributed by atoms with Gasteiger partial charge in [-0.15, -0.1) is 0 Å². The molecule has 0 fully saturated rings. The zero-order chi connectivity index (χ0) is 16.0. The molecule has 0 atom stereocenters. The molecule has 0 aliphatic carbocycles. The summed E-state index contributed by atoms with van der Waals surface area (Å²) >= 11 is 4.87. The summed E-state index contributed by atoms with van der Waals surface area (Å²) in [5, 5.41) is 5.35. The third-order valence-corrected chi connectivity index (χ3v) is 3.41. The lowest BCUT2D eigenvalue weighted by Crippen LogP contribution is -2.44. The van der Waals surface area contributed by atoms with Gasteiger partial charge in [0.05, 0.1) is 11.8 Å². The third-order valence-electron chi connectivity index (χ3n) is 3.17. The van der Waals surface area contributed by atoms with Crippen molar-refractivity contribution < 1.29 is 9.59 Å². The summed E-state index contributed by atoms with van der Waals surface area (Å²) < 4.78 is 0. The maximum atomic E-state index is 11.9. The fourth-order valence-corrected chi connectivity index (χ4v) is 1.91. The zero-order valence-corrected chi connectivity index (χ0v) is 13.3. The topological polar surface area (TPSA) is 84.2 Å². The monoisotopic (exact) mass is 307 g/mol. The van der Waals surface area contributed by atoms with Crippen LogP contribution < -0.4 is 16.4 Å². The van der Waals surface area contributed by atoms with Crippen LogP contribution >= 0.6 is 12.2 Å². The van der Waals surface area contributed by atoms with Gasteiger partial charge in [-0.05, 0) is 19.4 Å². The van der Waals surface area contributed by atoms with Gasteiger partial charge < -0.3 is 16.4 Å². The van der Waals surface area contributed by atoms with Crippen LogP contribution in [-0.4, -0.2) is 30.4 Å². The highest BCUT2D eigenvalue weighted by Gasteiger charge is 2.26. The minimum atomic E-state index is -0.639. The van der Waals surface area contributed by atoms with Crippen molar-refractivity contribution in [1.29, 1.82) is 0 Å². The number of hydrogen-bond donors (Lipinski definition) is 3. The predicted molar refractivity (Wildman–Crippen MR) is 86.9 cm³/mol. The first kappa shape index (κ1) is 17.1. The van der Waals surface area contributed by atoms with Crippen molar-refractivity contribution >= 4 is 29.0 Å². The summed E-state index contributed by atoms with van der Waals surface area (Å²) in [4.78, 5) is 23.8. The smallest absolute Gasteiger partial charge is 0.227 e. The molecule has 0 aliphatic rings. The molecular formula is C15H21N3O2S. The second-order valence-electron chi connectivity index (χ2n) is 5.48. The van der Waals surface area contributed by atoms with Crippen LogP contribution in [0.1, 0.15) is 25.0 Å². The van der Waals surface area contributed by atoms with Crippen LogP contribution in [0, 0.1) is 5.41 Å². The van der Waals surface area contributed by atoms with Crippen LogP contribution in [-0.2, 0) is 16.0 Å². The van der Waals surface area contributed by atoms with Gasteiger partial charge in [-0.2, -0.15) is 0 Å². The number of amides is 2. The Morgan fingerprint density at radius 2 is 1.81 bits per heavy atom. The third kappa shape index (κ3) is 5.15. The van der Waals surface area contributed by atoms with Crippen LogP contribution in [0.15, 0.2) is 24.3 Å². The molecule has 0 radical (unpaired) electrons. The van der Waals surface area contributed by atoms with E-state index in [0.29, 0.717) is 4.99 Å². The molecule has 2 amide bonds. The Hall–Kier alpha value is -1.95. The molecule has 0 saturated carbocycles. The molecule has 114 valence electrons. The van der Waals surface area contributed by atoms with E-state index in [1.165, 1.54) is 0 Å². The van der Waals surface area contributed by atoms with Crippen molar-refractivity contribution in [2.24, 2.45) is 11.1 Å². The minimum absolute atomic E-state index is 0.108. The Labute approximate surface area is 130 Å². The predicted octanol–water partition coefficient (Wildman–Crippen LogP) is 0.752. The van der Waals surface area contributed by atoms with Gasteiger partial charge in [0.2, 0.25) is 11.8 Å².